The minimum absolute atomic E-state index is 0.254. The van der Waals surface area contributed by atoms with Gasteiger partial charge in [0.05, 0.1) is 17.2 Å². The van der Waals surface area contributed by atoms with E-state index in [0.29, 0.717) is 10.0 Å². The Morgan fingerprint density at radius 2 is 1.77 bits per heavy atom. The number of aromatic nitrogens is 3. The first-order valence-electron chi connectivity index (χ1n) is 8.16. The molecule has 2 aromatic carbocycles. The van der Waals surface area contributed by atoms with Gasteiger partial charge in [-0.05, 0) is 42.0 Å². The molecule has 3 rings (SSSR count). The van der Waals surface area contributed by atoms with E-state index < -0.39 is 0 Å². The number of hydrogen-bond acceptors (Lipinski definition) is 4. The summed E-state index contributed by atoms with van der Waals surface area (Å²) in [6, 6.07) is 13.6. The smallest absolute Gasteiger partial charge is 0.196 e. The molecule has 1 heterocycles. The van der Waals surface area contributed by atoms with E-state index in [1.807, 2.05) is 42.5 Å². The molecule has 0 atom stereocenters. The van der Waals surface area contributed by atoms with Crippen molar-refractivity contribution in [1.82, 2.24) is 14.8 Å². The summed E-state index contributed by atoms with van der Waals surface area (Å²) in [5.74, 6) is 2.72. The maximum Gasteiger partial charge on any atom is 0.196 e. The lowest BCUT2D eigenvalue weighted by Gasteiger charge is -2.12. The van der Waals surface area contributed by atoms with Crippen LogP contribution in [0.2, 0.25) is 10.0 Å². The van der Waals surface area contributed by atoms with Gasteiger partial charge in [0.25, 0.3) is 0 Å². The lowest BCUT2D eigenvalue weighted by molar-refractivity contribution is 0.414. The summed E-state index contributed by atoms with van der Waals surface area (Å²) in [6.07, 6.45) is 0. The summed E-state index contributed by atoms with van der Waals surface area (Å²) >= 11 is 13.7. The normalized spacial score (nSPS) is 11.2. The largest absolute Gasteiger partial charge is 0.497 e. The number of hydrogen-bond donors (Lipinski definition) is 0. The van der Waals surface area contributed by atoms with Gasteiger partial charge in [-0.1, -0.05) is 54.9 Å². The van der Waals surface area contributed by atoms with E-state index in [9.17, 15) is 0 Å². The Morgan fingerprint density at radius 3 is 2.38 bits per heavy atom. The summed E-state index contributed by atoms with van der Waals surface area (Å²) in [5.41, 5.74) is 2.09. The zero-order chi connectivity index (χ0) is 18.7. The Kier molecular flexibility index (Phi) is 6.12. The van der Waals surface area contributed by atoms with Crippen LogP contribution in [-0.4, -0.2) is 21.9 Å². The molecule has 0 unspecified atom stereocenters. The van der Waals surface area contributed by atoms with Crippen LogP contribution in [0.3, 0.4) is 0 Å². The molecule has 1 aromatic heterocycles. The van der Waals surface area contributed by atoms with E-state index in [0.717, 1.165) is 33.7 Å². The van der Waals surface area contributed by atoms with Gasteiger partial charge in [-0.2, -0.15) is 0 Å². The minimum Gasteiger partial charge on any atom is -0.497 e. The maximum atomic E-state index is 6.11. The van der Waals surface area contributed by atoms with Crippen molar-refractivity contribution in [2.45, 2.75) is 30.7 Å². The van der Waals surface area contributed by atoms with Crippen molar-refractivity contribution in [2.75, 3.05) is 7.11 Å². The second-order valence-electron chi connectivity index (χ2n) is 6.07. The molecule has 7 heteroatoms. The summed E-state index contributed by atoms with van der Waals surface area (Å²) < 4.78 is 7.34. The van der Waals surface area contributed by atoms with Crippen molar-refractivity contribution >= 4 is 35.0 Å². The van der Waals surface area contributed by atoms with Gasteiger partial charge in [0.2, 0.25) is 0 Å². The Balaban J connectivity index is 1.90. The molecule has 0 N–H and O–H groups in total. The highest BCUT2D eigenvalue weighted by Crippen LogP contribution is 2.30. The molecule has 136 valence electrons. The highest BCUT2D eigenvalue weighted by molar-refractivity contribution is 7.98. The molecule has 0 aliphatic rings. The summed E-state index contributed by atoms with van der Waals surface area (Å²) in [6.45, 7) is 4.22. The number of methoxy groups -OCH3 is 1. The van der Waals surface area contributed by atoms with Gasteiger partial charge < -0.3 is 4.74 Å². The van der Waals surface area contributed by atoms with Crippen LogP contribution >= 0.6 is 35.0 Å². The van der Waals surface area contributed by atoms with Crippen molar-refractivity contribution in [3.8, 4) is 11.4 Å². The Hall–Kier alpha value is -1.69. The fourth-order valence-electron chi connectivity index (χ4n) is 2.50. The van der Waals surface area contributed by atoms with E-state index in [-0.39, 0.29) is 5.92 Å². The SMILES string of the molecule is COc1ccc(-n2c(SCc3ccc(Cl)c(Cl)c3)nnc2C(C)C)cc1. The van der Waals surface area contributed by atoms with E-state index in [2.05, 4.69) is 28.6 Å². The molecule has 3 aromatic rings. The number of thioether (sulfide) groups is 1. The van der Waals surface area contributed by atoms with Crippen LogP contribution in [0.4, 0.5) is 0 Å². The second kappa shape index (κ2) is 8.33. The van der Waals surface area contributed by atoms with Crippen LogP contribution in [0.5, 0.6) is 5.75 Å². The molecule has 0 aliphatic carbocycles. The third kappa shape index (κ3) is 4.17. The van der Waals surface area contributed by atoms with E-state index >= 15 is 0 Å². The average molecular weight is 408 g/mol. The molecular weight excluding hydrogens is 389 g/mol. The highest BCUT2D eigenvalue weighted by Gasteiger charge is 2.17. The predicted octanol–water partition coefficient (Wildman–Crippen LogP) is 6.00. The lowest BCUT2D eigenvalue weighted by Crippen LogP contribution is -2.04. The first-order valence-corrected chi connectivity index (χ1v) is 9.90. The summed E-state index contributed by atoms with van der Waals surface area (Å²) in [4.78, 5) is 0. The van der Waals surface area contributed by atoms with Crippen molar-refractivity contribution in [3.63, 3.8) is 0 Å². The minimum atomic E-state index is 0.254. The van der Waals surface area contributed by atoms with E-state index in [1.54, 1.807) is 18.9 Å². The van der Waals surface area contributed by atoms with Crippen molar-refractivity contribution < 1.29 is 4.74 Å². The fraction of sp³-hybridized carbons (Fsp3) is 0.263. The van der Waals surface area contributed by atoms with Crippen LogP contribution in [0.25, 0.3) is 5.69 Å². The van der Waals surface area contributed by atoms with E-state index in [1.165, 1.54) is 0 Å². The average Bonchev–Trinajstić information content (AvgIpc) is 3.07. The molecule has 0 saturated carbocycles. The zero-order valence-electron chi connectivity index (χ0n) is 14.7. The summed E-state index contributed by atoms with van der Waals surface area (Å²) in [7, 11) is 1.66. The monoisotopic (exact) mass is 407 g/mol. The van der Waals surface area contributed by atoms with E-state index in [4.69, 9.17) is 27.9 Å². The molecule has 0 spiro atoms. The van der Waals surface area contributed by atoms with Gasteiger partial charge in [-0.3, -0.25) is 4.57 Å². The Bertz CT molecular complexity index is 894. The Morgan fingerprint density at radius 1 is 1.04 bits per heavy atom. The lowest BCUT2D eigenvalue weighted by atomic mass is 10.2. The standard InChI is InChI=1S/C19H19Cl2N3OS/c1-12(2)18-22-23-19(24(18)14-5-7-15(25-3)8-6-14)26-11-13-4-9-16(20)17(21)10-13/h4-10,12H,11H2,1-3H3. The van der Waals surface area contributed by atoms with Gasteiger partial charge >= 0.3 is 0 Å². The topological polar surface area (TPSA) is 39.9 Å². The van der Waals surface area contributed by atoms with Gasteiger partial charge in [0.1, 0.15) is 11.6 Å². The number of benzene rings is 2. The molecule has 0 bridgehead atoms. The van der Waals surface area contributed by atoms with Gasteiger partial charge in [0, 0.05) is 17.4 Å². The molecule has 0 fully saturated rings. The first kappa shape index (κ1) is 19.1. The van der Waals surface area contributed by atoms with Crippen molar-refractivity contribution in [3.05, 3.63) is 63.9 Å². The molecule has 26 heavy (non-hydrogen) atoms. The number of halogens is 2. The molecular formula is C19H19Cl2N3OS. The van der Waals surface area contributed by atoms with Gasteiger partial charge in [-0.15, -0.1) is 10.2 Å². The van der Waals surface area contributed by atoms with Crippen molar-refractivity contribution in [1.29, 1.82) is 0 Å². The maximum absolute atomic E-state index is 6.11. The Labute approximate surface area is 167 Å². The quantitative estimate of drug-likeness (QED) is 0.469. The highest BCUT2D eigenvalue weighted by atomic mass is 35.5. The molecule has 0 radical (unpaired) electrons. The van der Waals surface area contributed by atoms with Crippen LogP contribution in [0.15, 0.2) is 47.6 Å². The predicted molar refractivity (Wildman–Crippen MR) is 108 cm³/mol. The zero-order valence-corrected chi connectivity index (χ0v) is 17.1. The molecule has 0 amide bonds. The van der Waals surface area contributed by atoms with Gasteiger partial charge in [-0.25, -0.2) is 0 Å². The number of rotatable bonds is 6. The van der Waals surface area contributed by atoms with Gasteiger partial charge in [0.15, 0.2) is 5.16 Å². The fourth-order valence-corrected chi connectivity index (χ4v) is 3.72. The first-order chi connectivity index (χ1) is 12.5. The second-order valence-corrected chi connectivity index (χ2v) is 7.82. The van der Waals surface area contributed by atoms with Crippen LogP contribution in [-0.2, 0) is 5.75 Å². The molecule has 0 saturated heterocycles. The molecule has 4 nitrogen and oxygen atoms in total. The van der Waals surface area contributed by atoms with Crippen LogP contribution < -0.4 is 4.74 Å². The van der Waals surface area contributed by atoms with Crippen LogP contribution in [0.1, 0.15) is 31.2 Å². The summed E-state index contributed by atoms with van der Waals surface area (Å²) in [5, 5.41) is 10.7. The third-order valence-electron chi connectivity index (χ3n) is 3.86. The molecule has 0 aliphatic heterocycles. The van der Waals surface area contributed by atoms with Crippen LogP contribution in [0, 0.1) is 0 Å². The number of nitrogens with zero attached hydrogens (tertiary/aromatic N) is 3. The third-order valence-corrected chi connectivity index (χ3v) is 5.60. The number of ether oxygens (including phenoxy) is 1. The van der Waals surface area contributed by atoms with Crippen molar-refractivity contribution in [2.24, 2.45) is 0 Å².